The maximum atomic E-state index is 8.36. The molecule has 0 aliphatic heterocycles. The van der Waals surface area contributed by atoms with Crippen molar-refractivity contribution in [2.75, 3.05) is 0 Å². The molecule has 0 spiro atoms. The van der Waals surface area contributed by atoms with Gasteiger partial charge in [-0.3, -0.25) is 0 Å². The van der Waals surface area contributed by atoms with E-state index in [1.165, 1.54) is 0 Å². The third kappa shape index (κ3) is 1080. The predicted octanol–water partition coefficient (Wildman–Crippen LogP) is -1.96. The van der Waals surface area contributed by atoms with Crippen LogP contribution < -0.4 is 0 Å². The first-order valence-corrected chi connectivity index (χ1v) is 1.70. The number of hydrogen-bond acceptors (Lipinski definition) is 6. The summed E-state index contributed by atoms with van der Waals surface area (Å²) in [5.41, 5.74) is 0. The minimum atomic E-state index is -1.50. The average molecular weight is 279 g/mol. The number of nitrogens with zero attached hydrogens (tertiary/aromatic N) is 3. The molecule has 0 bridgehead atoms. The van der Waals surface area contributed by atoms with E-state index in [2.05, 4.69) is 0 Å². The summed E-state index contributed by atoms with van der Waals surface area (Å²) in [7, 11) is 0. The van der Waals surface area contributed by atoms with E-state index >= 15 is 0 Å². The van der Waals surface area contributed by atoms with Gasteiger partial charge in [-0.2, -0.15) is 0 Å². The van der Waals surface area contributed by atoms with Gasteiger partial charge in [0, 0.05) is 0 Å². The minimum absolute atomic E-state index is 0. The monoisotopic (exact) mass is 279 g/mol. The first kappa shape index (κ1) is 22.7. The molecular formula is H5N3O9Sr. The second-order valence-corrected chi connectivity index (χ2v) is 0.714. The zero-order valence-corrected chi connectivity index (χ0v) is 5.13. The molecule has 76 valence electrons. The molecular weight excluding hydrogens is 274 g/mol. The Hall–Kier alpha value is -0.919. The Morgan fingerprint density at radius 2 is 0.692 bits per heavy atom. The Morgan fingerprint density at radius 1 is 0.692 bits per heavy atom. The van der Waals surface area contributed by atoms with E-state index in [-0.39, 0.29) is 45.5 Å². The van der Waals surface area contributed by atoms with Crippen LogP contribution >= 0.6 is 0 Å². The zero-order chi connectivity index (χ0) is 10.7. The van der Waals surface area contributed by atoms with E-state index in [1.807, 2.05) is 0 Å². The summed E-state index contributed by atoms with van der Waals surface area (Å²) in [5, 5.41) is 40.9. The summed E-state index contributed by atoms with van der Waals surface area (Å²) in [4.78, 5) is 25.1. The molecule has 3 N–H and O–H groups in total. The molecule has 0 radical (unpaired) electrons. The van der Waals surface area contributed by atoms with Gasteiger partial charge in [0.25, 0.3) is 15.3 Å². The molecule has 0 aliphatic rings. The molecule has 0 saturated carbocycles. The van der Waals surface area contributed by atoms with E-state index in [0.29, 0.717) is 0 Å². The Balaban J connectivity index is -0.0000000450. The van der Waals surface area contributed by atoms with Crippen molar-refractivity contribution < 1.29 is 30.9 Å². The molecule has 13 heteroatoms. The van der Waals surface area contributed by atoms with Crippen LogP contribution in [0.25, 0.3) is 0 Å². The third-order valence-corrected chi connectivity index (χ3v) is 0. The quantitative estimate of drug-likeness (QED) is 0.256. The standard InChI is InChI=1S/3HNO3.Sr.2H/c3*2-1(3)4;;;/h3*(H,2,3,4);;;. The first-order chi connectivity index (χ1) is 5.20. The number of rotatable bonds is 0. The molecule has 0 aliphatic carbocycles. The normalized spacial score (nSPS) is 5.54. The van der Waals surface area contributed by atoms with Gasteiger partial charge < -0.3 is 15.6 Å². The van der Waals surface area contributed by atoms with Crippen molar-refractivity contribution in [3.8, 4) is 0 Å². The summed E-state index contributed by atoms with van der Waals surface area (Å²) < 4.78 is 0. The Morgan fingerprint density at radius 3 is 0.692 bits per heavy atom. The molecule has 0 rings (SSSR count). The number of hydrogen-bond donors (Lipinski definition) is 3. The SMILES string of the molecule is O=[N+]([O-])O.O=[N+]([O-])O.O=[N+]([O-])O.[SrH2]. The van der Waals surface area contributed by atoms with Crippen LogP contribution in [0, 0.1) is 30.3 Å². The molecule has 13 heavy (non-hydrogen) atoms. The Kier molecular flexibility index (Phi) is 30.1. The van der Waals surface area contributed by atoms with Crippen molar-refractivity contribution in [2.45, 2.75) is 0 Å². The van der Waals surface area contributed by atoms with Crippen LogP contribution in [0.1, 0.15) is 0 Å². The molecule has 12 nitrogen and oxygen atoms in total. The second-order valence-electron chi connectivity index (χ2n) is 0.714. The molecule has 0 unspecified atom stereocenters. The van der Waals surface area contributed by atoms with E-state index in [4.69, 9.17) is 46.0 Å². The average Bonchev–Trinajstić information content (AvgIpc) is 1.54. The van der Waals surface area contributed by atoms with Crippen LogP contribution in [0.4, 0.5) is 0 Å². The molecule has 0 amide bonds. The van der Waals surface area contributed by atoms with Crippen LogP contribution in [0.3, 0.4) is 0 Å². The third-order valence-electron chi connectivity index (χ3n) is 0. The van der Waals surface area contributed by atoms with Gasteiger partial charge in [0.1, 0.15) is 0 Å². The molecule has 0 aromatic carbocycles. The van der Waals surface area contributed by atoms with Gasteiger partial charge in [-0.15, -0.1) is 30.3 Å². The van der Waals surface area contributed by atoms with Gasteiger partial charge in [-0.25, -0.2) is 0 Å². The van der Waals surface area contributed by atoms with Crippen molar-refractivity contribution >= 4 is 45.5 Å². The first-order valence-electron chi connectivity index (χ1n) is 1.70. The van der Waals surface area contributed by atoms with Crippen molar-refractivity contribution in [3.05, 3.63) is 30.3 Å². The molecule has 0 aromatic heterocycles. The molecule has 0 aromatic rings. The van der Waals surface area contributed by atoms with Crippen molar-refractivity contribution in [2.24, 2.45) is 0 Å². The van der Waals surface area contributed by atoms with Gasteiger partial charge in [-0.05, 0) is 0 Å². The maximum absolute atomic E-state index is 8.36. The predicted molar refractivity (Wildman–Crippen MR) is 34.9 cm³/mol. The zero-order valence-electron chi connectivity index (χ0n) is 5.13. The Labute approximate surface area is 106 Å². The fourth-order valence-corrected chi connectivity index (χ4v) is 0. The van der Waals surface area contributed by atoms with Crippen molar-refractivity contribution in [1.29, 1.82) is 0 Å². The van der Waals surface area contributed by atoms with Crippen LogP contribution in [-0.4, -0.2) is 76.4 Å². The van der Waals surface area contributed by atoms with E-state index < -0.39 is 15.3 Å². The summed E-state index contributed by atoms with van der Waals surface area (Å²) in [5.74, 6) is 0. The van der Waals surface area contributed by atoms with Crippen LogP contribution in [0.15, 0.2) is 0 Å². The van der Waals surface area contributed by atoms with Crippen LogP contribution in [-0.2, 0) is 0 Å². The van der Waals surface area contributed by atoms with E-state index in [0.717, 1.165) is 0 Å². The van der Waals surface area contributed by atoms with Crippen molar-refractivity contribution in [1.82, 2.24) is 0 Å². The summed E-state index contributed by atoms with van der Waals surface area (Å²) in [6.45, 7) is 0. The summed E-state index contributed by atoms with van der Waals surface area (Å²) >= 11 is 0. The summed E-state index contributed by atoms with van der Waals surface area (Å²) in [6, 6.07) is 0. The van der Waals surface area contributed by atoms with Crippen LogP contribution in [0.5, 0.6) is 0 Å². The van der Waals surface area contributed by atoms with Gasteiger partial charge in [0.05, 0.1) is 0 Å². The van der Waals surface area contributed by atoms with Gasteiger partial charge in [0.15, 0.2) is 0 Å². The Bertz CT molecular complexity index is 112. The van der Waals surface area contributed by atoms with Gasteiger partial charge >= 0.3 is 45.5 Å². The topological polar surface area (TPSA) is 190 Å². The van der Waals surface area contributed by atoms with Crippen LogP contribution in [0.2, 0.25) is 0 Å². The molecule has 0 fully saturated rings. The van der Waals surface area contributed by atoms with E-state index in [9.17, 15) is 0 Å². The second kappa shape index (κ2) is 17.2. The van der Waals surface area contributed by atoms with Gasteiger partial charge in [0.2, 0.25) is 0 Å². The molecule has 0 atom stereocenters. The van der Waals surface area contributed by atoms with E-state index in [1.54, 1.807) is 0 Å². The van der Waals surface area contributed by atoms with Crippen molar-refractivity contribution in [3.63, 3.8) is 0 Å². The fourth-order valence-electron chi connectivity index (χ4n) is 0. The molecule has 0 heterocycles. The fraction of sp³-hybridized carbons (Fsp3) is 0. The summed E-state index contributed by atoms with van der Waals surface area (Å²) in [6.07, 6.45) is 0. The van der Waals surface area contributed by atoms with Gasteiger partial charge in [-0.1, -0.05) is 0 Å². The molecule has 0 saturated heterocycles.